The lowest BCUT2D eigenvalue weighted by Crippen LogP contribution is -2.52. The van der Waals surface area contributed by atoms with Crippen LogP contribution >= 0.6 is 11.6 Å². The number of nitrogens with zero attached hydrogens (tertiary/aromatic N) is 2. The van der Waals surface area contributed by atoms with Gasteiger partial charge in [0.25, 0.3) is 0 Å². The van der Waals surface area contributed by atoms with Crippen LogP contribution in [0.15, 0.2) is 42.5 Å². The molecule has 28 heavy (non-hydrogen) atoms. The van der Waals surface area contributed by atoms with Crippen LogP contribution in [0, 0.1) is 5.82 Å². The summed E-state index contributed by atoms with van der Waals surface area (Å²) in [6.07, 6.45) is 0. The molecule has 1 aliphatic heterocycles. The monoisotopic (exact) mass is 403 g/mol. The van der Waals surface area contributed by atoms with E-state index in [0.717, 1.165) is 31.9 Å². The Labute approximate surface area is 169 Å². The average Bonchev–Trinajstić information content (AvgIpc) is 2.69. The number of Topliss-reactive ketones (excluding diaryl/α,β-unsaturated/α-hetero) is 1. The number of hydrogen-bond acceptors (Lipinski definition) is 4. The number of rotatable bonds is 5. The van der Waals surface area contributed by atoms with E-state index >= 15 is 0 Å². The van der Waals surface area contributed by atoms with Crippen LogP contribution in [0.2, 0.25) is 5.02 Å². The molecule has 1 aliphatic rings. The maximum absolute atomic E-state index is 13.1. The average molecular weight is 404 g/mol. The highest BCUT2D eigenvalue weighted by Gasteiger charge is 2.26. The molecule has 1 N–H and O–H groups in total. The van der Waals surface area contributed by atoms with Crippen LogP contribution in [0.5, 0.6) is 0 Å². The number of amides is 1. The normalized spacial score (nSPS) is 15.9. The van der Waals surface area contributed by atoms with Gasteiger partial charge in [-0.25, -0.2) is 4.39 Å². The molecule has 7 heteroatoms. The number of carbonyl (C=O) groups excluding carboxylic acids is 2. The highest BCUT2D eigenvalue weighted by molar-refractivity contribution is 6.33. The molecule has 0 aliphatic carbocycles. The Balaban J connectivity index is 1.56. The zero-order chi connectivity index (χ0) is 20.3. The first-order valence-electron chi connectivity index (χ1n) is 9.21. The smallest absolute Gasteiger partial charge is 0.241 e. The van der Waals surface area contributed by atoms with E-state index in [2.05, 4.69) is 15.1 Å². The Morgan fingerprint density at radius 3 is 2.29 bits per heavy atom. The van der Waals surface area contributed by atoms with Gasteiger partial charge in [-0.05, 0) is 56.3 Å². The largest absolute Gasteiger partial charge is 0.369 e. The fourth-order valence-electron chi connectivity index (χ4n) is 3.27. The molecule has 3 rings (SSSR count). The first-order valence-corrected chi connectivity index (χ1v) is 9.59. The lowest BCUT2D eigenvalue weighted by Gasteiger charge is -2.38. The summed E-state index contributed by atoms with van der Waals surface area (Å²) in [5, 5.41) is 2.95. The van der Waals surface area contributed by atoms with Gasteiger partial charge in [-0.2, -0.15) is 0 Å². The maximum Gasteiger partial charge on any atom is 0.241 e. The summed E-state index contributed by atoms with van der Waals surface area (Å²) in [4.78, 5) is 28.3. The van der Waals surface area contributed by atoms with Crippen LogP contribution in [0.4, 0.5) is 15.8 Å². The van der Waals surface area contributed by atoms with Gasteiger partial charge in [0.1, 0.15) is 5.82 Å². The molecule has 0 spiro atoms. The Kier molecular flexibility index (Phi) is 6.31. The standard InChI is InChI=1S/C21H23ClFN3O2/c1-14(21(28)24-20-8-5-17(23)13-19(20)22)25-9-11-26(12-10-25)18-6-3-16(4-7-18)15(2)27/h3-8,13-14H,9-12H2,1-2H3,(H,24,28). The van der Waals surface area contributed by atoms with Crippen LogP contribution < -0.4 is 10.2 Å². The van der Waals surface area contributed by atoms with E-state index in [4.69, 9.17) is 11.6 Å². The van der Waals surface area contributed by atoms with Gasteiger partial charge in [0.15, 0.2) is 5.78 Å². The van der Waals surface area contributed by atoms with Gasteiger partial charge in [-0.3, -0.25) is 14.5 Å². The molecule has 1 atom stereocenters. The van der Waals surface area contributed by atoms with E-state index < -0.39 is 5.82 Å². The summed E-state index contributed by atoms with van der Waals surface area (Å²) in [5.74, 6) is -0.561. The second-order valence-corrected chi connectivity index (χ2v) is 7.32. The van der Waals surface area contributed by atoms with E-state index in [1.807, 2.05) is 31.2 Å². The second kappa shape index (κ2) is 8.71. The molecule has 2 aromatic rings. The summed E-state index contributed by atoms with van der Waals surface area (Å²) < 4.78 is 13.1. The number of halogens is 2. The molecule has 1 fully saturated rings. The molecule has 0 saturated carbocycles. The van der Waals surface area contributed by atoms with Crippen LogP contribution in [0.25, 0.3) is 0 Å². The van der Waals surface area contributed by atoms with Gasteiger partial charge in [0, 0.05) is 37.4 Å². The first kappa shape index (κ1) is 20.3. The molecule has 5 nitrogen and oxygen atoms in total. The minimum Gasteiger partial charge on any atom is -0.369 e. The summed E-state index contributed by atoms with van der Waals surface area (Å²) >= 11 is 5.99. The zero-order valence-corrected chi connectivity index (χ0v) is 16.7. The molecule has 1 amide bonds. The van der Waals surface area contributed by atoms with Crippen LogP contribution in [-0.4, -0.2) is 48.8 Å². The Hall–Kier alpha value is -2.44. The van der Waals surface area contributed by atoms with Crippen molar-refractivity contribution < 1.29 is 14.0 Å². The quantitative estimate of drug-likeness (QED) is 0.771. The Morgan fingerprint density at radius 1 is 1.07 bits per heavy atom. The predicted molar refractivity (Wildman–Crippen MR) is 110 cm³/mol. The van der Waals surface area contributed by atoms with Crippen molar-refractivity contribution in [3.8, 4) is 0 Å². The number of piperazine rings is 1. The van der Waals surface area contributed by atoms with Crippen molar-refractivity contribution >= 4 is 34.7 Å². The minimum atomic E-state index is -0.441. The number of carbonyl (C=O) groups is 2. The third-order valence-electron chi connectivity index (χ3n) is 5.07. The van der Waals surface area contributed by atoms with Crippen molar-refractivity contribution in [2.75, 3.05) is 36.4 Å². The SMILES string of the molecule is CC(=O)c1ccc(N2CCN(C(C)C(=O)Nc3ccc(F)cc3Cl)CC2)cc1. The minimum absolute atomic E-state index is 0.0532. The number of hydrogen-bond donors (Lipinski definition) is 1. The van der Waals surface area contributed by atoms with E-state index in [-0.39, 0.29) is 22.8 Å². The summed E-state index contributed by atoms with van der Waals surface area (Å²) in [6, 6.07) is 11.2. The number of nitrogens with one attached hydrogen (secondary N) is 1. The van der Waals surface area contributed by atoms with Gasteiger partial charge < -0.3 is 10.2 Å². The third kappa shape index (κ3) is 4.69. The van der Waals surface area contributed by atoms with Gasteiger partial charge in [0.05, 0.1) is 16.8 Å². The molecule has 0 bridgehead atoms. The van der Waals surface area contributed by atoms with Gasteiger partial charge >= 0.3 is 0 Å². The topological polar surface area (TPSA) is 52.7 Å². The van der Waals surface area contributed by atoms with Crippen LogP contribution in [0.1, 0.15) is 24.2 Å². The van der Waals surface area contributed by atoms with Gasteiger partial charge in [-0.1, -0.05) is 11.6 Å². The zero-order valence-electron chi connectivity index (χ0n) is 15.9. The van der Waals surface area contributed by atoms with Crippen LogP contribution in [0.3, 0.4) is 0 Å². The van der Waals surface area contributed by atoms with Crippen molar-refractivity contribution in [3.63, 3.8) is 0 Å². The lowest BCUT2D eigenvalue weighted by atomic mass is 10.1. The van der Waals surface area contributed by atoms with Crippen molar-refractivity contribution in [3.05, 3.63) is 58.9 Å². The predicted octanol–water partition coefficient (Wildman–Crippen LogP) is 3.83. The second-order valence-electron chi connectivity index (χ2n) is 6.92. The van der Waals surface area contributed by atoms with E-state index in [1.54, 1.807) is 6.92 Å². The van der Waals surface area contributed by atoms with Gasteiger partial charge in [0.2, 0.25) is 5.91 Å². The summed E-state index contributed by atoms with van der Waals surface area (Å²) in [5.41, 5.74) is 2.18. The number of ketones is 1. The molecule has 0 aromatic heterocycles. The van der Waals surface area contributed by atoms with Crippen LogP contribution in [-0.2, 0) is 4.79 Å². The van der Waals surface area contributed by atoms with Gasteiger partial charge in [-0.15, -0.1) is 0 Å². The highest BCUT2D eigenvalue weighted by Crippen LogP contribution is 2.23. The molecule has 1 saturated heterocycles. The number of benzene rings is 2. The van der Waals surface area contributed by atoms with Crippen molar-refractivity contribution in [2.24, 2.45) is 0 Å². The first-order chi connectivity index (χ1) is 13.3. The fraction of sp³-hybridized carbons (Fsp3) is 0.333. The third-order valence-corrected chi connectivity index (χ3v) is 5.38. The number of anilines is 2. The highest BCUT2D eigenvalue weighted by atomic mass is 35.5. The molecular weight excluding hydrogens is 381 g/mol. The molecule has 1 heterocycles. The fourth-order valence-corrected chi connectivity index (χ4v) is 3.48. The Bertz CT molecular complexity index is 864. The van der Waals surface area contributed by atoms with E-state index in [1.165, 1.54) is 18.2 Å². The maximum atomic E-state index is 13.1. The van der Waals surface area contributed by atoms with Crippen molar-refractivity contribution in [2.45, 2.75) is 19.9 Å². The van der Waals surface area contributed by atoms with Crippen molar-refractivity contribution in [1.29, 1.82) is 0 Å². The lowest BCUT2D eigenvalue weighted by molar-refractivity contribution is -0.120. The Morgan fingerprint density at radius 2 is 1.71 bits per heavy atom. The molecular formula is C21H23ClFN3O2. The molecule has 0 radical (unpaired) electrons. The summed E-state index contributed by atoms with van der Waals surface area (Å²) in [6.45, 7) is 6.45. The molecule has 148 valence electrons. The van der Waals surface area contributed by atoms with E-state index in [0.29, 0.717) is 11.3 Å². The molecule has 2 aromatic carbocycles. The molecule has 1 unspecified atom stereocenters. The van der Waals surface area contributed by atoms with Crippen molar-refractivity contribution in [1.82, 2.24) is 4.90 Å². The summed E-state index contributed by atoms with van der Waals surface area (Å²) in [7, 11) is 0. The van der Waals surface area contributed by atoms with E-state index in [9.17, 15) is 14.0 Å².